The van der Waals surface area contributed by atoms with Crippen LogP contribution in [0, 0.1) is 0 Å². The number of rotatable bonds is 9. The Morgan fingerprint density at radius 3 is 2.67 bits per heavy atom. The highest BCUT2D eigenvalue weighted by molar-refractivity contribution is 7.18. The number of halogens is 1. The molecule has 2 atom stereocenters. The van der Waals surface area contributed by atoms with E-state index >= 15 is 0 Å². The van der Waals surface area contributed by atoms with Gasteiger partial charge in [0.2, 0.25) is 11.8 Å². The lowest BCUT2D eigenvalue weighted by atomic mass is 10.1. The first-order valence-electron chi connectivity index (χ1n) is 9.89. The van der Waals surface area contributed by atoms with Crippen LogP contribution in [0.2, 0.25) is 5.02 Å². The average Bonchev–Trinajstić information content (AvgIpc) is 3.13. The minimum absolute atomic E-state index is 0.197. The second kappa shape index (κ2) is 10.5. The zero-order valence-electron chi connectivity index (χ0n) is 16.7. The summed E-state index contributed by atoms with van der Waals surface area (Å²) in [6.07, 6.45) is 1.43. The summed E-state index contributed by atoms with van der Waals surface area (Å²) in [6.45, 7) is 1.75. The molecule has 158 valence electrons. The smallest absolute Gasteiger partial charge is 0.244 e. The monoisotopic (exact) mass is 444 g/mol. The van der Waals surface area contributed by atoms with E-state index in [0.717, 1.165) is 27.2 Å². The van der Waals surface area contributed by atoms with Crippen LogP contribution in [0.15, 0.2) is 48.5 Å². The second-order valence-corrected chi connectivity index (χ2v) is 8.59. The van der Waals surface area contributed by atoms with Gasteiger partial charge >= 0.3 is 0 Å². The van der Waals surface area contributed by atoms with Crippen LogP contribution in [0.4, 0.5) is 0 Å². The molecule has 0 spiro atoms. The molecule has 0 fully saturated rings. The maximum Gasteiger partial charge on any atom is 0.244 e. The van der Waals surface area contributed by atoms with Crippen molar-refractivity contribution in [2.75, 3.05) is 0 Å². The van der Waals surface area contributed by atoms with E-state index in [4.69, 9.17) is 17.3 Å². The van der Waals surface area contributed by atoms with Crippen molar-refractivity contribution >= 4 is 45.0 Å². The Morgan fingerprint density at radius 2 is 1.93 bits per heavy atom. The number of benzene rings is 2. The van der Waals surface area contributed by atoms with Crippen LogP contribution < -0.4 is 16.4 Å². The Labute approximate surface area is 184 Å². The molecular formula is C22H25ClN4O2S. The van der Waals surface area contributed by atoms with Crippen LogP contribution >= 0.6 is 22.9 Å². The van der Waals surface area contributed by atoms with Gasteiger partial charge in [0.1, 0.15) is 6.04 Å². The maximum atomic E-state index is 12.8. The Balaban J connectivity index is 1.65. The van der Waals surface area contributed by atoms with Gasteiger partial charge in [0, 0.05) is 17.9 Å². The number of nitrogens with two attached hydrogens (primary N) is 1. The summed E-state index contributed by atoms with van der Waals surface area (Å²) < 4.78 is 0.943. The van der Waals surface area contributed by atoms with Crippen molar-refractivity contribution in [2.45, 2.75) is 44.8 Å². The van der Waals surface area contributed by atoms with Crippen LogP contribution in [-0.2, 0) is 22.4 Å². The summed E-state index contributed by atoms with van der Waals surface area (Å²) in [5.74, 6) is -0.508. The first-order valence-corrected chi connectivity index (χ1v) is 11.1. The number of thiazole rings is 1. The van der Waals surface area contributed by atoms with Gasteiger partial charge in [-0.05, 0) is 36.6 Å². The lowest BCUT2D eigenvalue weighted by molar-refractivity contribution is -0.129. The molecule has 6 nitrogen and oxygen atoms in total. The zero-order chi connectivity index (χ0) is 21.5. The molecule has 30 heavy (non-hydrogen) atoms. The van der Waals surface area contributed by atoms with E-state index in [1.165, 1.54) is 11.3 Å². The van der Waals surface area contributed by atoms with Gasteiger partial charge in [0.15, 0.2) is 0 Å². The number of hydrogen-bond donors (Lipinski definition) is 3. The molecule has 2 aromatic carbocycles. The van der Waals surface area contributed by atoms with Gasteiger partial charge < -0.3 is 16.4 Å². The fraction of sp³-hybridized carbons (Fsp3) is 0.318. The van der Waals surface area contributed by atoms with E-state index in [1.807, 2.05) is 42.5 Å². The normalized spacial score (nSPS) is 13.0. The Hall–Kier alpha value is -2.48. The number of amides is 2. The first-order chi connectivity index (χ1) is 14.4. The quantitative estimate of drug-likeness (QED) is 0.440. The van der Waals surface area contributed by atoms with Crippen LogP contribution in [0.25, 0.3) is 10.2 Å². The summed E-state index contributed by atoms with van der Waals surface area (Å²) in [7, 11) is 0. The number of nitrogens with zero attached hydrogens (tertiary/aromatic N) is 1. The largest absolute Gasteiger partial charge is 0.344 e. The molecule has 0 aliphatic rings. The van der Waals surface area contributed by atoms with Crippen molar-refractivity contribution in [2.24, 2.45) is 5.73 Å². The molecule has 0 saturated carbocycles. The lowest BCUT2D eigenvalue weighted by Gasteiger charge is -2.20. The van der Waals surface area contributed by atoms with E-state index in [2.05, 4.69) is 15.6 Å². The second-order valence-electron chi connectivity index (χ2n) is 7.04. The Bertz CT molecular complexity index is 1010. The van der Waals surface area contributed by atoms with Crippen LogP contribution in [-0.4, -0.2) is 29.0 Å². The summed E-state index contributed by atoms with van der Waals surface area (Å²) in [5.41, 5.74) is 8.10. The van der Waals surface area contributed by atoms with Crippen molar-refractivity contribution in [3.05, 3.63) is 64.1 Å². The molecule has 4 N–H and O–H groups in total. The maximum absolute atomic E-state index is 12.8. The number of hydrogen-bond acceptors (Lipinski definition) is 5. The van der Waals surface area contributed by atoms with Crippen molar-refractivity contribution in [3.8, 4) is 0 Å². The summed E-state index contributed by atoms with van der Waals surface area (Å²) in [5, 5.41) is 6.99. The number of aromatic nitrogens is 1. The minimum atomic E-state index is -0.740. The van der Waals surface area contributed by atoms with Gasteiger partial charge in [-0.1, -0.05) is 48.9 Å². The first kappa shape index (κ1) is 22.2. The zero-order valence-corrected chi connectivity index (χ0v) is 18.3. The van der Waals surface area contributed by atoms with Gasteiger partial charge in [-0.2, -0.15) is 0 Å². The Morgan fingerprint density at radius 1 is 1.17 bits per heavy atom. The third-order valence-corrected chi connectivity index (χ3v) is 5.94. The summed E-state index contributed by atoms with van der Waals surface area (Å²) in [6, 6.07) is 14.7. The minimum Gasteiger partial charge on any atom is -0.344 e. The number of fused-ring (bicyclic) bond motifs is 1. The molecule has 0 saturated heterocycles. The summed E-state index contributed by atoms with van der Waals surface area (Å²) >= 11 is 7.51. The Kier molecular flexibility index (Phi) is 7.79. The molecule has 0 bridgehead atoms. The topological polar surface area (TPSA) is 97.1 Å². The van der Waals surface area contributed by atoms with Gasteiger partial charge in [-0.15, -0.1) is 11.3 Å². The van der Waals surface area contributed by atoms with E-state index in [0.29, 0.717) is 24.3 Å². The third-order valence-electron chi connectivity index (χ3n) is 4.66. The molecule has 1 heterocycles. The molecule has 3 aromatic rings. The standard InChI is InChI=1S/C22H25ClN4O2S/c1-2-20(28)25-17(13-21-26-16-10-9-15(23)12-18(16)30-21)22(29)27-19(24)11-8-14-6-4-3-5-7-14/h3-7,9-10,12,17,19H,2,8,11,13,24H2,1H3,(H,25,28)(H,27,29). The van der Waals surface area contributed by atoms with Crippen LogP contribution in [0.1, 0.15) is 30.3 Å². The third kappa shape index (κ3) is 6.26. The predicted octanol–water partition coefficient (Wildman–Crippen LogP) is 3.42. The molecule has 0 radical (unpaired) electrons. The molecule has 8 heteroatoms. The SMILES string of the molecule is CCC(=O)NC(Cc1nc2ccc(Cl)cc2s1)C(=O)NC(N)CCc1ccccc1. The van der Waals surface area contributed by atoms with Crippen molar-refractivity contribution < 1.29 is 9.59 Å². The van der Waals surface area contributed by atoms with Crippen LogP contribution in [0.5, 0.6) is 0 Å². The van der Waals surface area contributed by atoms with E-state index in [9.17, 15) is 9.59 Å². The van der Waals surface area contributed by atoms with Gasteiger partial charge in [0.05, 0.1) is 21.4 Å². The van der Waals surface area contributed by atoms with E-state index in [1.54, 1.807) is 13.0 Å². The number of aryl methyl sites for hydroxylation is 1. The number of carbonyl (C=O) groups is 2. The van der Waals surface area contributed by atoms with Gasteiger partial charge in [-0.3, -0.25) is 9.59 Å². The van der Waals surface area contributed by atoms with Crippen molar-refractivity contribution in [1.82, 2.24) is 15.6 Å². The highest BCUT2D eigenvalue weighted by Crippen LogP contribution is 2.26. The molecule has 2 unspecified atom stereocenters. The molecule has 3 rings (SSSR count). The van der Waals surface area contributed by atoms with Crippen LogP contribution in [0.3, 0.4) is 0 Å². The van der Waals surface area contributed by atoms with E-state index in [-0.39, 0.29) is 11.8 Å². The number of nitrogens with one attached hydrogen (secondary N) is 2. The molecule has 0 aliphatic carbocycles. The highest BCUT2D eigenvalue weighted by Gasteiger charge is 2.24. The number of carbonyl (C=O) groups excluding carboxylic acids is 2. The van der Waals surface area contributed by atoms with Gasteiger partial charge in [-0.25, -0.2) is 4.98 Å². The molecule has 0 aliphatic heterocycles. The molecule has 1 aromatic heterocycles. The summed E-state index contributed by atoms with van der Waals surface area (Å²) in [4.78, 5) is 29.4. The fourth-order valence-corrected chi connectivity index (χ4v) is 4.32. The molecule has 2 amide bonds. The molecular weight excluding hydrogens is 420 g/mol. The predicted molar refractivity (Wildman–Crippen MR) is 121 cm³/mol. The lowest BCUT2D eigenvalue weighted by Crippen LogP contribution is -2.53. The highest BCUT2D eigenvalue weighted by atomic mass is 35.5. The van der Waals surface area contributed by atoms with Crippen molar-refractivity contribution in [1.29, 1.82) is 0 Å². The van der Waals surface area contributed by atoms with Crippen molar-refractivity contribution in [3.63, 3.8) is 0 Å². The van der Waals surface area contributed by atoms with Gasteiger partial charge in [0.25, 0.3) is 0 Å². The fourth-order valence-electron chi connectivity index (χ4n) is 3.04. The van der Waals surface area contributed by atoms with E-state index < -0.39 is 12.2 Å². The average molecular weight is 445 g/mol.